The van der Waals surface area contributed by atoms with Gasteiger partial charge in [0.15, 0.2) is 0 Å². The van der Waals surface area contributed by atoms with Crippen LogP contribution < -0.4 is 4.74 Å². The van der Waals surface area contributed by atoms with Crippen molar-refractivity contribution in [2.24, 2.45) is 11.3 Å². The van der Waals surface area contributed by atoms with Crippen molar-refractivity contribution >= 4 is 0 Å². The lowest BCUT2D eigenvalue weighted by Gasteiger charge is -2.39. The van der Waals surface area contributed by atoms with Gasteiger partial charge in [-0.05, 0) is 36.7 Å². The second kappa shape index (κ2) is 5.27. The Morgan fingerprint density at radius 3 is 2.89 bits per heavy atom. The summed E-state index contributed by atoms with van der Waals surface area (Å²) >= 11 is 0. The summed E-state index contributed by atoms with van der Waals surface area (Å²) in [5.74, 6) is 1.47. The topological polar surface area (TPSA) is 42.4 Å². The second-order valence-electron chi connectivity index (χ2n) is 6.29. The molecule has 0 aromatic carbocycles. The smallest absolute Gasteiger partial charge is 0.128 e. The van der Waals surface area contributed by atoms with Crippen molar-refractivity contribution < 1.29 is 9.84 Å². The van der Waals surface area contributed by atoms with Gasteiger partial charge in [-0.1, -0.05) is 20.8 Å². The van der Waals surface area contributed by atoms with Gasteiger partial charge in [-0.2, -0.15) is 0 Å². The Balaban J connectivity index is 2.09. The molecule has 1 saturated carbocycles. The molecule has 1 heterocycles. The molecule has 0 saturated heterocycles. The summed E-state index contributed by atoms with van der Waals surface area (Å²) in [6.45, 7) is 6.88. The van der Waals surface area contributed by atoms with Gasteiger partial charge in [0.2, 0.25) is 0 Å². The van der Waals surface area contributed by atoms with Gasteiger partial charge >= 0.3 is 0 Å². The fraction of sp³-hybridized carbons (Fsp3) is 0.667. The van der Waals surface area contributed by atoms with Crippen molar-refractivity contribution in [2.45, 2.75) is 52.7 Å². The zero-order valence-electron chi connectivity index (χ0n) is 11.5. The van der Waals surface area contributed by atoms with Gasteiger partial charge in [-0.25, -0.2) is 0 Å². The van der Waals surface area contributed by atoms with Crippen LogP contribution in [0.4, 0.5) is 0 Å². The summed E-state index contributed by atoms with van der Waals surface area (Å²) in [4.78, 5) is 4.01. The number of pyridine rings is 1. The van der Waals surface area contributed by atoms with Crippen LogP contribution in [0.5, 0.6) is 5.75 Å². The van der Waals surface area contributed by atoms with E-state index in [2.05, 4.69) is 25.8 Å². The molecule has 0 aliphatic heterocycles. The van der Waals surface area contributed by atoms with Gasteiger partial charge in [0.05, 0.1) is 12.7 Å². The van der Waals surface area contributed by atoms with Crippen molar-refractivity contribution in [2.75, 3.05) is 0 Å². The van der Waals surface area contributed by atoms with Crippen LogP contribution in [0.25, 0.3) is 0 Å². The SMILES string of the molecule is CC1CC(Oc2ccncc2CO)CC(C)(C)C1. The number of aliphatic hydroxyl groups is 1. The van der Waals surface area contributed by atoms with E-state index in [1.165, 1.54) is 6.42 Å². The van der Waals surface area contributed by atoms with Crippen molar-refractivity contribution in [1.82, 2.24) is 4.98 Å². The fourth-order valence-corrected chi connectivity index (χ4v) is 3.18. The highest BCUT2D eigenvalue weighted by molar-refractivity contribution is 5.29. The Hall–Kier alpha value is -1.09. The monoisotopic (exact) mass is 249 g/mol. The Kier molecular flexibility index (Phi) is 3.91. The molecule has 1 aliphatic carbocycles. The average Bonchev–Trinajstić information content (AvgIpc) is 2.27. The average molecular weight is 249 g/mol. The first-order chi connectivity index (χ1) is 8.50. The van der Waals surface area contributed by atoms with Crippen molar-refractivity contribution in [1.29, 1.82) is 0 Å². The van der Waals surface area contributed by atoms with E-state index in [0.29, 0.717) is 11.3 Å². The molecule has 2 atom stereocenters. The van der Waals surface area contributed by atoms with E-state index < -0.39 is 0 Å². The third-order valence-corrected chi connectivity index (χ3v) is 3.67. The number of aromatic nitrogens is 1. The molecule has 2 rings (SSSR count). The maximum Gasteiger partial charge on any atom is 0.128 e. The molecule has 2 unspecified atom stereocenters. The molecule has 0 amide bonds. The van der Waals surface area contributed by atoms with E-state index in [4.69, 9.17) is 4.74 Å². The number of rotatable bonds is 3. The third kappa shape index (κ3) is 3.22. The maximum atomic E-state index is 9.28. The summed E-state index contributed by atoms with van der Waals surface area (Å²) in [6.07, 6.45) is 7.06. The van der Waals surface area contributed by atoms with Crippen LogP contribution in [-0.4, -0.2) is 16.2 Å². The van der Waals surface area contributed by atoms with Crippen LogP contribution in [0, 0.1) is 11.3 Å². The molecular weight excluding hydrogens is 226 g/mol. The van der Waals surface area contributed by atoms with Gasteiger partial charge < -0.3 is 9.84 Å². The standard InChI is InChI=1S/C15H23NO2/c1-11-6-13(8-15(2,3)7-11)18-14-4-5-16-9-12(14)10-17/h4-5,9,11,13,17H,6-8,10H2,1-3H3. The normalized spacial score (nSPS) is 26.9. The van der Waals surface area contributed by atoms with Crippen LogP contribution in [-0.2, 0) is 6.61 Å². The van der Waals surface area contributed by atoms with Crippen LogP contribution in [0.3, 0.4) is 0 Å². The predicted octanol–water partition coefficient (Wildman–Crippen LogP) is 3.17. The molecule has 1 aliphatic rings. The van der Waals surface area contributed by atoms with Gasteiger partial charge in [-0.3, -0.25) is 4.98 Å². The van der Waals surface area contributed by atoms with Gasteiger partial charge in [0, 0.05) is 18.0 Å². The Morgan fingerprint density at radius 1 is 1.44 bits per heavy atom. The van der Waals surface area contributed by atoms with Crippen molar-refractivity contribution in [3.8, 4) is 5.75 Å². The quantitative estimate of drug-likeness (QED) is 0.894. The highest BCUT2D eigenvalue weighted by Gasteiger charge is 2.33. The summed E-state index contributed by atoms with van der Waals surface area (Å²) < 4.78 is 6.08. The first kappa shape index (κ1) is 13.3. The highest BCUT2D eigenvalue weighted by Crippen LogP contribution is 2.40. The minimum atomic E-state index is -0.0190. The number of ether oxygens (including phenoxy) is 1. The van der Waals surface area contributed by atoms with Crippen LogP contribution in [0.1, 0.15) is 45.6 Å². The molecule has 18 heavy (non-hydrogen) atoms. The number of nitrogens with zero attached hydrogens (tertiary/aromatic N) is 1. The van der Waals surface area contributed by atoms with Gasteiger partial charge in [0.25, 0.3) is 0 Å². The largest absolute Gasteiger partial charge is 0.490 e. The Bertz CT molecular complexity index is 403. The summed E-state index contributed by atoms with van der Waals surface area (Å²) in [7, 11) is 0. The van der Waals surface area contributed by atoms with E-state index in [1.54, 1.807) is 12.4 Å². The molecule has 1 aromatic rings. The zero-order valence-corrected chi connectivity index (χ0v) is 11.5. The highest BCUT2D eigenvalue weighted by atomic mass is 16.5. The predicted molar refractivity (Wildman–Crippen MR) is 71.4 cm³/mol. The molecule has 3 nitrogen and oxygen atoms in total. The van der Waals surface area contributed by atoms with E-state index in [0.717, 1.165) is 24.2 Å². The molecule has 0 bridgehead atoms. The number of aliphatic hydroxyl groups excluding tert-OH is 1. The lowest BCUT2D eigenvalue weighted by Crippen LogP contribution is -2.34. The molecule has 100 valence electrons. The molecule has 3 heteroatoms. The zero-order chi connectivity index (χ0) is 13.2. The van der Waals surface area contributed by atoms with Gasteiger partial charge in [-0.15, -0.1) is 0 Å². The number of hydrogen-bond acceptors (Lipinski definition) is 3. The fourth-order valence-electron chi connectivity index (χ4n) is 3.18. The lowest BCUT2D eigenvalue weighted by atomic mass is 9.71. The summed E-state index contributed by atoms with van der Waals surface area (Å²) in [6, 6.07) is 1.85. The molecule has 0 spiro atoms. The van der Waals surface area contributed by atoms with Crippen LogP contribution in [0.15, 0.2) is 18.5 Å². The Morgan fingerprint density at radius 2 is 2.22 bits per heavy atom. The van der Waals surface area contributed by atoms with Crippen LogP contribution in [0.2, 0.25) is 0 Å². The molecular formula is C15H23NO2. The summed E-state index contributed by atoms with van der Waals surface area (Å²) in [5.41, 5.74) is 1.11. The minimum absolute atomic E-state index is 0.0190. The van der Waals surface area contributed by atoms with Crippen molar-refractivity contribution in [3.05, 3.63) is 24.0 Å². The van der Waals surface area contributed by atoms with Gasteiger partial charge in [0.1, 0.15) is 5.75 Å². The first-order valence-electron chi connectivity index (χ1n) is 6.70. The second-order valence-corrected chi connectivity index (χ2v) is 6.29. The minimum Gasteiger partial charge on any atom is -0.490 e. The van der Waals surface area contributed by atoms with Crippen LogP contribution >= 0.6 is 0 Å². The molecule has 1 fully saturated rings. The molecule has 1 N–H and O–H groups in total. The maximum absolute atomic E-state index is 9.28. The van der Waals surface area contributed by atoms with E-state index in [9.17, 15) is 5.11 Å². The lowest BCUT2D eigenvalue weighted by molar-refractivity contribution is 0.0547. The van der Waals surface area contributed by atoms with E-state index in [1.807, 2.05) is 6.07 Å². The van der Waals surface area contributed by atoms with E-state index >= 15 is 0 Å². The number of hydrogen-bond donors (Lipinski definition) is 1. The summed E-state index contributed by atoms with van der Waals surface area (Å²) in [5, 5.41) is 9.28. The molecule has 0 radical (unpaired) electrons. The van der Waals surface area contributed by atoms with E-state index in [-0.39, 0.29) is 12.7 Å². The Labute approximate surface area is 109 Å². The van der Waals surface area contributed by atoms with Crippen molar-refractivity contribution in [3.63, 3.8) is 0 Å². The molecule has 1 aromatic heterocycles. The third-order valence-electron chi connectivity index (χ3n) is 3.67. The first-order valence-corrected chi connectivity index (χ1v) is 6.70.